The number of halogens is 2. The first-order chi connectivity index (χ1) is 6.66. The van der Waals surface area contributed by atoms with Crippen molar-refractivity contribution in [2.24, 2.45) is 5.16 Å². The monoisotopic (exact) mass is 229 g/mol. The van der Waals surface area contributed by atoms with Crippen molar-refractivity contribution in [2.75, 3.05) is 0 Å². The summed E-state index contributed by atoms with van der Waals surface area (Å²) in [7, 11) is 0. The van der Waals surface area contributed by atoms with E-state index in [0.717, 1.165) is 17.7 Å². The van der Waals surface area contributed by atoms with Gasteiger partial charge in [0.1, 0.15) is 6.10 Å². The second kappa shape index (κ2) is 3.79. The Bertz CT molecular complexity index is 390. The second-order valence-corrected chi connectivity index (χ2v) is 4.13. The summed E-state index contributed by atoms with van der Waals surface area (Å²) >= 11 is 11.8. The summed E-state index contributed by atoms with van der Waals surface area (Å²) in [5.41, 5.74) is 1.79. The fourth-order valence-electron chi connectivity index (χ4n) is 1.38. The zero-order valence-electron chi connectivity index (χ0n) is 7.63. The van der Waals surface area contributed by atoms with E-state index in [4.69, 9.17) is 28.0 Å². The maximum absolute atomic E-state index is 6.04. The zero-order valence-corrected chi connectivity index (χ0v) is 9.14. The van der Waals surface area contributed by atoms with Crippen LogP contribution < -0.4 is 0 Å². The van der Waals surface area contributed by atoms with Crippen molar-refractivity contribution in [3.05, 3.63) is 33.8 Å². The Kier molecular flexibility index (Phi) is 2.66. The largest absolute Gasteiger partial charge is 0.392 e. The van der Waals surface area contributed by atoms with Crippen LogP contribution in [0.25, 0.3) is 0 Å². The number of benzene rings is 1. The van der Waals surface area contributed by atoms with E-state index >= 15 is 0 Å². The fraction of sp³-hybridized carbons (Fsp3) is 0.300. The van der Waals surface area contributed by atoms with Gasteiger partial charge in [0.15, 0.2) is 0 Å². The quantitative estimate of drug-likeness (QED) is 0.723. The topological polar surface area (TPSA) is 21.6 Å². The Morgan fingerprint density at radius 3 is 2.79 bits per heavy atom. The number of rotatable bonds is 1. The standard InChI is InChI=1S/C10H9Cl2NO/c1-6-4-10(13-14-6)8-3-2-7(11)5-9(8)12/h2-3,5-6H,4H2,1H3. The predicted molar refractivity (Wildman–Crippen MR) is 58.2 cm³/mol. The van der Waals surface area contributed by atoms with Crippen LogP contribution in [-0.4, -0.2) is 11.8 Å². The zero-order chi connectivity index (χ0) is 10.1. The number of hydrogen-bond acceptors (Lipinski definition) is 2. The third-order valence-electron chi connectivity index (χ3n) is 2.07. The number of nitrogens with zero attached hydrogens (tertiary/aromatic N) is 1. The van der Waals surface area contributed by atoms with E-state index in [-0.39, 0.29) is 6.10 Å². The van der Waals surface area contributed by atoms with E-state index < -0.39 is 0 Å². The van der Waals surface area contributed by atoms with Crippen LogP contribution in [0.5, 0.6) is 0 Å². The van der Waals surface area contributed by atoms with Crippen molar-refractivity contribution >= 4 is 28.9 Å². The van der Waals surface area contributed by atoms with Crippen molar-refractivity contribution in [1.29, 1.82) is 0 Å². The van der Waals surface area contributed by atoms with E-state index in [9.17, 15) is 0 Å². The molecule has 0 spiro atoms. The molecule has 1 heterocycles. The van der Waals surface area contributed by atoms with Crippen LogP contribution in [0.4, 0.5) is 0 Å². The Morgan fingerprint density at radius 1 is 1.43 bits per heavy atom. The summed E-state index contributed by atoms with van der Waals surface area (Å²) in [5.74, 6) is 0. The molecule has 0 aliphatic carbocycles. The molecular weight excluding hydrogens is 221 g/mol. The third-order valence-corrected chi connectivity index (χ3v) is 2.61. The SMILES string of the molecule is CC1CC(c2ccc(Cl)cc2Cl)=NO1. The van der Waals surface area contributed by atoms with Crippen LogP contribution in [0.3, 0.4) is 0 Å². The maximum atomic E-state index is 6.04. The molecule has 0 saturated carbocycles. The lowest BCUT2D eigenvalue weighted by molar-refractivity contribution is 0.0995. The van der Waals surface area contributed by atoms with Crippen molar-refractivity contribution in [3.63, 3.8) is 0 Å². The molecule has 0 fully saturated rings. The maximum Gasteiger partial charge on any atom is 0.130 e. The minimum absolute atomic E-state index is 0.136. The number of oxime groups is 1. The molecule has 1 aliphatic heterocycles. The molecular formula is C10H9Cl2NO. The second-order valence-electron chi connectivity index (χ2n) is 3.28. The Labute approximate surface area is 92.5 Å². The van der Waals surface area contributed by atoms with Crippen LogP contribution in [0.15, 0.2) is 23.4 Å². The molecule has 2 nitrogen and oxygen atoms in total. The predicted octanol–water partition coefficient (Wildman–Crippen LogP) is 3.51. The highest BCUT2D eigenvalue weighted by Gasteiger charge is 2.19. The molecule has 1 atom stereocenters. The van der Waals surface area contributed by atoms with Gasteiger partial charge in [-0.05, 0) is 19.1 Å². The normalized spacial score (nSPS) is 20.5. The first-order valence-corrected chi connectivity index (χ1v) is 5.10. The Morgan fingerprint density at radius 2 is 2.21 bits per heavy atom. The van der Waals surface area contributed by atoms with Crippen molar-refractivity contribution in [2.45, 2.75) is 19.4 Å². The average molecular weight is 230 g/mol. The van der Waals surface area contributed by atoms with Crippen LogP contribution >= 0.6 is 23.2 Å². The third kappa shape index (κ3) is 1.86. The van der Waals surface area contributed by atoms with Gasteiger partial charge in [0.25, 0.3) is 0 Å². The molecule has 0 saturated heterocycles. The van der Waals surface area contributed by atoms with Gasteiger partial charge in [0.2, 0.25) is 0 Å². The first-order valence-electron chi connectivity index (χ1n) is 4.35. The van der Waals surface area contributed by atoms with Gasteiger partial charge in [-0.1, -0.05) is 34.4 Å². The highest BCUT2D eigenvalue weighted by Crippen LogP contribution is 2.25. The van der Waals surface area contributed by atoms with Crippen LogP contribution in [0.1, 0.15) is 18.9 Å². The molecule has 0 radical (unpaired) electrons. The molecule has 0 amide bonds. The smallest absolute Gasteiger partial charge is 0.130 e. The highest BCUT2D eigenvalue weighted by molar-refractivity contribution is 6.37. The van der Waals surface area contributed by atoms with Gasteiger partial charge >= 0.3 is 0 Å². The lowest BCUT2D eigenvalue weighted by Gasteiger charge is -2.02. The van der Waals surface area contributed by atoms with E-state index in [1.165, 1.54) is 0 Å². The van der Waals surface area contributed by atoms with Gasteiger partial charge in [-0.3, -0.25) is 0 Å². The van der Waals surface area contributed by atoms with E-state index in [1.54, 1.807) is 12.1 Å². The van der Waals surface area contributed by atoms with E-state index in [2.05, 4.69) is 5.16 Å². The van der Waals surface area contributed by atoms with E-state index in [1.807, 2.05) is 13.0 Å². The molecule has 14 heavy (non-hydrogen) atoms. The molecule has 1 unspecified atom stereocenters. The van der Waals surface area contributed by atoms with Crippen molar-refractivity contribution in [3.8, 4) is 0 Å². The van der Waals surface area contributed by atoms with Gasteiger partial charge in [-0.2, -0.15) is 0 Å². The van der Waals surface area contributed by atoms with Gasteiger partial charge in [-0.15, -0.1) is 0 Å². The molecule has 1 aromatic rings. The molecule has 0 N–H and O–H groups in total. The summed E-state index contributed by atoms with van der Waals surface area (Å²) in [6, 6.07) is 5.38. The van der Waals surface area contributed by atoms with Gasteiger partial charge in [0.05, 0.1) is 10.7 Å². The van der Waals surface area contributed by atoms with Crippen LogP contribution in [0.2, 0.25) is 10.0 Å². The molecule has 74 valence electrons. The van der Waals surface area contributed by atoms with E-state index in [0.29, 0.717) is 10.0 Å². The summed E-state index contributed by atoms with van der Waals surface area (Å²) < 4.78 is 0. The minimum Gasteiger partial charge on any atom is -0.392 e. The molecule has 0 bridgehead atoms. The van der Waals surface area contributed by atoms with Gasteiger partial charge in [0, 0.05) is 17.0 Å². The lowest BCUT2D eigenvalue weighted by Crippen LogP contribution is -2.03. The summed E-state index contributed by atoms with van der Waals surface area (Å²) in [5, 5.41) is 5.22. The summed E-state index contributed by atoms with van der Waals surface area (Å²) in [4.78, 5) is 5.10. The van der Waals surface area contributed by atoms with Gasteiger partial charge in [-0.25, -0.2) is 0 Å². The van der Waals surface area contributed by atoms with Crippen molar-refractivity contribution < 1.29 is 4.84 Å². The summed E-state index contributed by atoms with van der Waals surface area (Å²) in [6.07, 6.45) is 0.929. The van der Waals surface area contributed by atoms with Crippen LogP contribution in [0, 0.1) is 0 Å². The van der Waals surface area contributed by atoms with Crippen LogP contribution in [-0.2, 0) is 4.84 Å². The Hall–Kier alpha value is -0.730. The summed E-state index contributed by atoms with van der Waals surface area (Å²) in [6.45, 7) is 1.97. The number of hydrogen-bond donors (Lipinski definition) is 0. The molecule has 1 aromatic carbocycles. The Balaban J connectivity index is 2.33. The molecule has 1 aliphatic rings. The molecule has 0 aromatic heterocycles. The lowest BCUT2D eigenvalue weighted by atomic mass is 10.1. The average Bonchev–Trinajstić information content (AvgIpc) is 2.51. The fourth-order valence-corrected chi connectivity index (χ4v) is 1.90. The minimum atomic E-state index is 0.136. The van der Waals surface area contributed by atoms with Gasteiger partial charge < -0.3 is 4.84 Å². The highest BCUT2D eigenvalue weighted by atomic mass is 35.5. The first kappa shape index (κ1) is 9.81. The van der Waals surface area contributed by atoms with Crippen molar-refractivity contribution in [1.82, 2.24) is 0 Å². The molecule has 4 heteroatoms. The molecule has 2 rings (SSSR count).